The van der Waals surface area contributed by atoms with E-state index in [1.54, 1.807) is 0 Å². The Morgan fingerprint density at radius 2 is 2.21 bits per heavy atom. The van der Waals surface area contributed by atoms with Crippen molar-refractivity contribution in [1.82, 2.24) is 4.90 Å². The van der Waals surface area contributed by atoms with Crippen LogP contribution in [0.4, 0.5) is 11.4 Å². The topological polar surface area (TPSA) is 93.9 Å². The molecule has 0 aromatic heterocycles. The number of anilines is 1. The predicted molar refractivity (Wildman–Crippen MR) is 108 cm³/mol. The minimum Gasteiger partial charge on any atom is -0.494 e. The molecule has 3 rings (SSSR count). The molecule has 1 aliphatic rings. The van der Waals surface area contributed by atoms with Crippen LogP contribution in [-0.4, -0.2) is 49.1 Å². The first-order chi connectivity index (χ1) is 13.5. The van der Waals surface area contributed by atoms with Gasteiger partial charge in [-0.1, -0.05) is 28.1 Å². The lowest BCUT2D eigenvalue weighted by Crippen LogP contribution is -2.42. The van der Waals surface area contributed by atoms with Gasteiger partial charge in [0, 0.05) is 23.6 Å². The molecule has 1 aliphatic heterocycles. The number of nitrogens with one attached hydrogen (secondary N) is 1. The minimum atomic E-state index is -0.510. The summed E-state index contributed by atoms with van der Waals surface area (Å²) in [7, 11) is 1.40. The van der Waals surface area contributed by atoms with E-state index in [-0.39, 0.29) is 30.0 Å². The lowest BCUT2D eigenvalue weighted by molar-refractivity contribution is -0.384. The fourth-order valence-corrected chi connectivity index (χ4v) is 3.46. The molecule has 28 heavy (non-hydrogen) atoms. The molecular formula is C19H20BrN3O5. The molecular weight excluding hydrogens is 430 g/mol. The van der Waals surface area contributed by atoms with E-state index in [1.165, 1.54) is 25.3 Å². The third-order valence-corrected chi connectivity index (χ3v) is 4.90. The zero-order valence-electron chi connectivity index (χ0n) is 15.3. The van der Waals surface area contributed by atoms with E-state index < -0.39 is 4.92 Å². The lowest BCUT2D eigenvalue weighted by atomic mass is 10.1. The first kappa shape index (κ1) is 20.2. The monoisotopic (exact) mass is 449 g/mol. The van der Waals surface area contributed by atoms with Crippen molar-refractivity contribution in [3.05, 3.63) is 62.6 Å². The van der Waals surface area contributed by atoms with Crippen LogP contribution in [0.3, 0.4) is 0 Å². The highest BCUT2D eigenvalue weighted by molar-refractivity contribution is 9.10. The van der Waals surface area contributed by atoms with Gasteiger partial charge in [0.1, 0.15) is 5.75 Å². The Balaban J connectivity index is 1.62. The second kappa shape index (κ2) is 9.13. The molecule has 2 aromatic rings. The van der Waals surface area contributed by atoms with Crippen molar-refractivity contribution in [2.24, 2.45) is 0 Å². The molecule has 0 bridgehead atoms. The van der Waals surface area contributed by atoms with Crippen molar-refractivity contribution in [2.45, 2.75) is 6.10 Å². The van der Waals surface area contributed by atoms with Gasteiger partial charge in [-0.25, -0.2) is 0 Å². The van der Waals surface area contributed by atoms with Crippen LogP contribution in [0.15, 0.2) is 46.9 Å². The third-order valence-electron chi connectivity index (χ3n) is 4.41. The highest BCUT2D eigenvalue weighted by Gasteiger charge is 2.24. The number of nitrogens with zero attached hydrogens (tertiary/aromatic N) is 2. The first-order valence-corrected chi connectivity index (χ1v) is 9.47. The van der Waals surface area contributed by atoms with Crippen molar-refractivity contribution < 1.29 is 19.2 Å². The van der Waals surface area contributed by atoms with E-state index in [0.717, 1.165) is 10.0 Å². The molecule has 1 fully saturated rings. The number of ether oxygens (including phenoxy) is 2. The summed E-state index contributed by atoms with van der Waals surface area (Å²) in [5.74, 6) is 0.0265. The van der Waals surface area contributed by atoms with Crippen molar-refractivity contribution in [1.29, 1.82) is 0 Å². The van der Waals surface area contributed by atoms with Gasteiger partial charge in [-0.05, 0) is 23.8 Å². The van der Waals surface area contributed by atoms with E-state index in [2.05, 4.69) is 21.2 Å². The van der Waals surface area contributed by atoms with E-state index in [1.807, 2.05) is 29.2 Å². The van der Waals surface area contributed by atoms with E-state index in [4.69, 9.17) is 9.47 Å². The Kier molecular flexibility index (Phi) is 6.61. The van der Waals surface area contributed by atoms with Gasteiger partial charge >= 0.3 is 0 Å². The quantitative estimate of drug-likeness (QED) is 0.536. The summed E-state index contributed by atoms with van der Waals surface area (Å²) >= 11 is 3.46. The summed E-state index contributed by atoms with van der Waals surface area (Å²) < 4.78 is 12.0. The maximum Gasteiger partial charge on any atom is 0.273 e. The maximum atomic E-state index is 12.5. The number of morpholine rings is 1. The fraction of sp³-hybridized carbons (Fsp3) is 0.316. The molecule has 1 saturated heterocycles. The Bertz CT molecular complexity index is 876. The van der Waals surface area contributed by atoms with Gasteiger partial charge in [-0.2, -0.15) is 0 Å². The van der Waals surface area contributed by atoms with Crippen LogP contribution in [0.25, 0.3) is 0 Å². The molecule has 1 amide bonds. The number of carbonyl (C=O) groups excluding carboxylic acids is 1. The molecule has 8 nitrogen and oxygen atoms in total. The number of rotatable bonds is 6. The van der Waals surface area contributed by atoms with Crippen LogP contribution in [0.2, 0.25) is 0 Å². The number of benzene rings is 2. The number of hydrogen-bond acceptors (Lipinski definition) is 6. The molecule has 2 aromatic carbocycles. The second-order valence-electron chi connectivity index (χ2n) is 6.34. The minimum absolute atomic E-state index is 0.0973. The predicted octanol–water partition coefficient (Wildman–Crippen LogP) is 3.38. The number of halogens is 1. The number of carbonyl (C=O) groups is 1. The van der Waals surface area contributed by atoms with Crippen LogP contribution in [0.5, 0.6) is 5.75 Å². The van der Waals surface area contributed by atoms with Gasteiger partial charge in [-0.15, -0.1) is 0 Å². The van der Waals surface area contributed by atoms with Crippen molar-refractivity contribution in [2.75, 3.05) is 38.7 Å². The fourth-order valence-electron chi connectivity index (χ4n) is 3.04. The van der Waals surface area contributed by atoms with E-state index in [0.29, 0.717) is 25.4 Å². The highest BCUT2D eigenvalue weighted by Crippen LogP contribution is 2.29. The average molecular weight is 450 g/mol. The maximum absolute atomic E-state index is 12.5. The van der Waals surface area contributed by atoms with E-state index in [9.17, 15) is 14.9 Å². The highest BCUT2D eigenvalue weighted by atomic mass is 79.9. The van der Waals surface area contributed by atoms with Gasteiger partial charge in [0.15, 0.2) is 0 Å². The number of nitro benzene ring substituents is 1. The molecule has 1 heterocycles. The molecule has 1 N–H and O–H groups in total. The average Bonchev–Trinajstić information content (AvgIpc) is 2.68. The summed E-state index contributed by atoms with van der Waals surface area (Å²) in [6.45, 7) is 1.97. The molecule has 1 atom stereocenters. The van der Waals surface area contributed by atoms with Crippen LogP contribution in [0, 0.1) is 10.1 Å². The van der Waals surface area contributed by atoms with E-state index >= 15 is 0 Å². The SMILES string of the molecule is COc1cc([N+](=O)[O-])ccc1NC(=O)CN1CCOC(c2cccc(Br)c2)C1. The first-order valence-electron chi connectivity index (χ1n) is 8.68. The normalized spacial score (nSPS) is 17.1. The van der Waals surface area contributed by atoms with Gasteiger partial charge in [-0.3, -0.25) is 19.8 Å². The van der Waals surface area contributed by atoms with Crippen molar-refractivity contribution in [3.8, 4) is 5.75 Å². The third kappa shape index (κ3) is 5.06. The van der Waals surface area contributed by atoms with Gasteiger partial charge in [0.05, 0.1) is 43.0 Å². The molecule has 0 aliphatic carbocycles. The van der Waals surface area contributed by atoms with Crippen LogP contribution in [-0.2, 0) is 9.53 Å². The number of non-ortho nitro benzene ring substituents is 1. The smallest absolute Gasteiger partial charge is 0.273 e. The van der Waals surface area contributed by atoms with Crippen LogP contribution in [0.1, 0.15) is 11.7 Å². The zero-order chi connectivity index (χ0) is 20.1. The standard InChI is InChI=1S/C19H20BrN3O5/c1-27-17-10-15(23(25)26)5-6-16(17)21-19(24)12-22-7-8-28-18(11-22)13-3-2-4-14(20)9-13/h2-6,9-10,18H,7-8,11-12H2,1H3,(H,21,24). The second-order valence-corrected chi connectivity index (χ2v) is 7.26. The van der Waals surface area contributed by atoms with Crippen LogP contribution >= 0.6 is 15.9 Å². The van der Waals surface area contributed by atoms with Crippen LogP contribution < -0.4 is 10.1 Å². The molecule has 148 valence electrons. The summed E-state index contributed by atoms with van der Waals surface area (Å²) in [5, 5.41) is 13.6. The number of hydrogen-bond donors (Lipinski definition) is 1. The summed E-state index contributed by atoms with van der Waals surface area (Å²) in [6, 6.07) is 12.0. The summed E-state index contributed by atoms with van der Waals surface area (Å²) in [6.07, 6.45) is -0.104. The Hall–Kier alpha value is -2.49. The van der Waals surface area contributed by atoms with Gasteiger partial charge < -0.3 is 14.8 Å². The zero-order valence-corrected chi connectivity index (χ0v) is 16.8. The summed E-state index contributed by atoms with van der Waals surface area (Å²) in [5.41, 5.74) is 1.35. The summed E-state index contributed by atoms with van der Waals surface area (Å²) in [4.78, 5) is 24.9. The van der Waals surface area contributed by atoms with Gasteiger partial charge in [0.25, 0.3) is 5.69 Å². The molecule has 9 heteroatoms. The van der Waals surface area contributed by atoms with Crippen molar-refractivity contribution in [3.63, 3.8) is 0 Å². The number of amides is 1. The van der Waals surface area contributed by atoms with Crippen molar-refractivity contribution >= 4 is 33.2 Å². The number of nitro groups is 1. The molecule has 1 unspecified atom stereocenters. The largest absolute Gasteiger partial charge is 0.494 e. The molecule has 0 radical (unpaired) electrons. The molecule has 0 saturated carbocycles. The number of methoxy groups -OCH3 is 1. The molecule has 0 spiro atoms. The Morgan fingerprint density at radius 1 is 1.39 bits per heavy atom. The Morgan fingerprint density at radius 3 is 2.93 bits per heavy atom. The lowest BCUT2D eigenvalue weighted by Gasteiger charge is -2.32. The van der Waals surface area contributed by atoms with Gasteiger partial charge in [0.2, 0.25) is 5.91 Å². The Labute approximate surface area is 170 Å².